The van der Waals surface area contributed by atoms with Crippen molar-refractivity contribution in [2.45, 2.75) is 13.8 Å². The van der Waals surface area contributed by atoms with E-state index >= 15 is 0 Å². The molecule has 3 amide bonds. The molecule has 1 aliphatic rings. The number of carboxylic acid groups (broad SMARTS) is 1. The van der Waals surface area contributed by atoms with E-state index in [9.17, 15) is 14.4 Å². The molecule has 0 bridgehead atoms. The lowest BCUT2D eigenvalue weighted by atomic mass is 10.1. The maximum absolute atomic E-state index is 12.7. The summed E-state index contributed by atoms with van der Waals surface area (Å²) in [4.78, 5) is 38.3. The van der Waals surface area contributed by atoms with Crippen LogP contribution in [0.4, 0.5) is 10.5 Å². The van der Waals surface area contributed by atoms with Crippen molar-refractivity contribution < 1.29 is 19.5 Å². The molecule has 0 aliphatic carbocycles. The molecule has 24 heavy (non-hydrogen) atoms. The number of nitrogens with one attached hydrogen (secondary N) is 1. The molecule has 1 saturated heterocycles. The average Bonchev–Trinajstić information content (AvgIpc) is 2.91. The fourth-order valence-corrected chi connectivity index (χ4v) is 2.76. The van der Waals surface area contributed by atoms with E-state index in [1.54, 1.807) is 12.1 Å². The Hall–Kier alpha value is -2.28. The van der Waals surface area contributed by atoms with E-state index in [1.165, 1.54) is 15.9 Å². The Morgan fingerprint density at radius 2 is 2.12 bits per heavy atom. The number of urea groups is 1. The quantitative estimate of drug-likeness (QED) is 0.819. The monoisotopic (exact) mass is 353 g/mol. The third-order valence-corrected chi connectivity index (χ3v) is 3.88. The minimum Gasteiger partial charge on any atom is -0.480 e. The highest BCUT2D eigenvalue weighted by Gasteiger charge is 2.25. The van der Waals surface area contributed by atoms with E-state index in [0.717, 1.165) is 0 Å². The molecular formula is C16H20ClN3O4. The summed E-state index contributed by atoms with van der Waals surface area (Å²) in [7, 11) is 0. The topological polar surface area (TPSA) is 90.0 Å². The number of amides is 3. The van der Waals surface area contributed by atoms with Crippen LogP contribution in [0.5, 0.6) is 0 Å². The van der Waals surface area contributed by atoms with Gasteiger partial charge >= 0.3 is 12.0 Å². The lowest BCUT2D eigenvalue weighted by Gasteiger charge is -2.24. The Labute approximate surface area is 145 Å². The van der Waals surface area contributed by atoms with Crippen LogP contribution in [0.15, 0.2) is 18.2 Å². The summed E-state index contributed by atoms with van der Waals surface area (Å²) in [6.07, 6.45) is 0. The Morgan fingerprint density at radius 3 is 2.67 bits per heavy atom. The zero-order valence-corrected chi connectivity index (χ0v) is 14.3. The molecular weight excluding hydrogens is 334 g/mol. The standard InChI is InChI=1S/C16H20ClN3O4/c1-10(2)8-19(9-14(21)22)15(23)12-7-11(3-4-13(12)17)20-6-5-18-16(20)24/h3-4,7,10H,5-6,8-9H2,1-2H3,(H,18,24)(H,21,22). The second kappa shape index (κ2) is 7.53. The number of carbonyl (C=O) groups is 3. The molecule has 1 fully saturated rings. The molecule has 0 aromatic heterocycles. The predicted molar refractivity (Wildman–Crippen MR) is 90.6 cm³/mol. The summed E-state index contributed by atoms with van der Waals surface area (Å²) in [5.74, 6) is -1.44. The number of anilines is 1. The van der Waals surface area contributed by atoms with Crippen LogP contribution in [0, 0.1) is 5.92 Å². The van der Waals surface area contributed by atoms with Gasteiger partial charge in [-0.1, -0.05) is 25.4 Å². The Balaban J connectivity index is 2.32. The molecule has 1 aliphatic heterocycles. The van der Waals surface area contributed by atoms with Gasteiger partial charge in [0.1, 0.15) is 6.54 Å². The highest BCUT2D eigenvalue weighted by Crippen LogP contribution is 2.26. The number of hydrogen-bond acceptors (Lipinski definition) is 3. The first-order chi connectivity index (χ1) is 11.3. The molecule has 0 atom stereocenters. The van der Waals surface area contributed by atoms with Crippen LogP contribution in [0.1, 0.15) is 24.2 Å². The second-order valence-corrected chi connectivity index (χ2v) is 6.43. The smallest absolute Gasteiger partial charge is 0.323 e. The summed E-state index contributed by atoms with van der Waals surface area (Å²) in [5.41, 5.74) is 0.744. The SMILES string of the molecule is CC(C)CN(CC(=O)O)C(=O)c1cc(N2CCNC2=O)ccc1Cl. The normalized spacial score (nSPS) is 14.0. The second-order valence-electron chi connectivity index (χ2n) is 6.02. The fourth-order valence-electron chi connectivity index (χ4n) is 2.56. The molecule has 1 aromatic rings. The molecule has 1 heterocycles. The molecule has 2 N–H and O–H groups in total. The molecule has 130 valence electrons. The van der Waals surface area contributed by atoms with Crippen LogP contribution in [0.3, 0.4) is 0 Å². The lowest BCUT2D eigenvalue weighted by Crippen LogP contribution is -2.38. The van der Waals surface area contributed by atoms with Crippen LogP contribution >= 0.6 is 11.6 Å². The first kappa shape index (κ1) is 18.1. The van der Waals surface area contributed by atoms with Crippen molar-refractivity contribution in [2.75, 3.05) is 31.1 Å². The molecule has 0 radical (unpaired) electrons. The van der Waals surface area contributed by atoms with Gasteiger partial charge in [0.05, 0.1) is 10.6 Å². The summed E-state index contributed by atoms with van der Waals surface area (Å²) in [6, 6.07) is 4.50. The fraction of sp³-hybridized carbons (Fsp3) is 0.438. The van der Waals surface area contributed by atoms with Crippen molar-refractivity contribution in [1.29, 1.82) is 0 Å². The van der Waals surface area contributed by atoms with Crippen LogP contribution < -0.4 is 10.2 Å². The van der Waals surface area contributed by atoms with Crippen LogP contribution in [-0.2, 0) is 4.79 Å². The predicted octanol–water partition coefficient (Wildman–Crippen LogP) is 2.05. The van der Waals surface area contributed by atoms with Gasteiger partial charge in [-0.3, -0.25) is 14.5 Å². The van der Waals surface area contributed by atoms with Crippen molar-refractivity contribution >= 4 is 35.2 Å². The Kier molecular flexibility index (Phi) is 5.66. The number of benzene rings is 1. The summed E-state index contributed by atoms with van der Waals surface area (Å²) >= 11 is 6.14. The molecule has 2 rings (SSSR count). The van der Waals surface area contributed by atoms with Crippen molar-refractivity contribution in [3.8, 4) is 0 Å². The summed E-state index contributed by atoms with van der Waals surface area (Å²) in [6.45, 7) is 4.73. The van der Waals surface area contributed by atoms with Gasteiger partial charge < -0.3 is 15.3 Å². The van der Waals surface area contributed by atoms with E-state index in [0.29, 0.717) is 25.3 Å². The van der Waals surface area contributed by atoms with Crippen molar-refractivity contribution in [1.82, 2.24) is 10.2 Å². The van der Waals surface area contributed by atoms with E-state index in [1.807, 2.05) is 13.8 Å². The Morgan fingerprint density at radius 1 is 1.42 bits per heavy atom. The zero-order valence-electron chi connectivity index (χ0n) is 13.6. The number of nitrogens with zero attached hydrogens (tertiary/aromatic N) is 2. The third kappa shape index (κ3) is 4.17. The largest absolute Gasteiger partial charge is 0.480 e. The third-order valence-electron chi connectivity index (χ3n) is 3.55. The van der Waals surface area contributed by atoms with Gasteiger partial charge in [-0.25, -0.2) is 4.79 Å². The van der Waals surface area contributed by atoms with Gasteiger partial charge in [-0.2, -0.15) is 0 Å². The minimum atomic E-state index is -1.09. The molecule has 8 heteroatoms. The van der Waals surface area contributed by atoms with Gasteiger partial charge in [0.2, 0.25) is 0 Å². The number of carboxylic acids is 1. The molecule has 7 nitrogen and oxygen atoms in total. The van der Waals surface area contributed by atoms with Crippen LogP contribution in [0.25, 0.3) is 0 Å². The number of halogens is 1. The zero-order chi connectivity index (χ0) is 17.9. The van der Waals surface area contributed by atoms with E-state index in [2.05, 4.69) is 5.32 Å². The first-order valence-electron chi connectivity index (χ1n) is 7.65. The molecule has 1 aromatic carbocycles. The van der Waals surface area contributed by atoms with Crippen LogP contribution in [-0.4, -0.2) is 54.1 Å². The van der Waals surface area contributed by atoms with Gasteiger partial charge in [-0.15, -0.1) is 0 Å². The summed E-state index contributed by atoms with van der Waals surface area (Å²) < 4.78 is 0. The van der Waals surface area contributed by atoms with E-state index < -0.39 is 18.4 Å². The Bertz CT molecular complexity index is 663. The number of carbonyl (C=O) groups excluding carboxylic acids is 2. The highest BCUT2D eigenvalue weighted by molar-refractivity contribution is 6.34. The van der Waals surface area contributed by atoms with Crippen LogP contribution in [0.2, 0.25) is 5.02 Å². The van der Waals surface area contributed by atoms with Gasteiger partial charge in [0, 0.05) is 25.3 Å². The van der Waals surface area contributed by atoms with Gasteiger partial charge in [-0.05, 0) is 24.1 Å². The number of aliphatic carboxylic acids is 1. The summed E-state index contributed by atoms with van der Waals surface area (Å²) in [5, 5.41) is 11.9. The molecule has 0 unspecified atom stereocenters. The maximum Gasteiger partial charge on any atom is 0.323 e. The van der Waals surface area contributed by atoms with Gasteiger partial charge in [0.15, 0.2) is 0 Å². The average molecular weight is 354 g/mol. The van der Waals surface area contributed by atoms with Gasteiger partial charge in [0.25, 0.3) is 5.91 Å². The first-order valence-corrected chi connectivity index (χ1v) is 8.03. The maximum atomic E-state index is 12.7. The highest BCUT2D eigenvalue weighted by atomic mass is 35.5. The van der Waals surface area contributed by atoms with Crippen molar-refractivity contribution in [3.05, 3.63) is 28.8 Å². The molecule has 0 spiro atoms. The number of hydrogen-bond donors (Lipinski definition) is 2. The van der Waals surface area contributed by atoms with E-state index in [4.69, 9.17) is 16.7 Å². The lowest BCUT2D eigenvalue weighted by molar-refractivity contribution is -0.137. The minimum absolute atomic E-state index is 0.111. The van der Waals surface area contributed by atoms with Crippen molar-refractivity contribution in [3.63, 3.8) is 0 Å². The van der Waals surface area contributed by atoms with E-state index in [-0.39, 0.29) is 22.5 Å². The number of rotatable bonds is 6. The van der Waals surface area contributed by atoms with Crippen molar-refractivity contribution in [2.24, 2.45) is 5.92 Å². The molecule has 0 saturated carbocycles.